The zero-order valence-corrected chi connectivity index (χ0v) is 12.0. The lowest BCUT2D eigenvalue weighted by Gasteiger charge is -2.08. The van der Waals surface area contributed by atoms with Crippen LogP contribution in [0.2, 0.25) is 0 Å². The van der Waals surface area contributed by atoms with E-state index in [2.05, 4.69) is 15.0 Å². The Morgan fingerprint density at radius 3 is 1.52 bits per heavy atom. The van der Waals surface area contributed by atoms with E-state index in [1.165, 1.54) is 0 Å². The number of nitrogens with zero attached hydrogens (tertiary/aromatic N) is 3. The highest BCUT2D eigenvalue weighted by molar-refractivity contribution is 5.66. The van der Waals surface area contributed by atoms with Gasteiger partial charge >= 0.3 is 0 Å². The number of anilines is 1. The zero-order valence-electron chi connectivity index (χ0n) is 12.0. The molecule has 0 aliphatic rings. The Kier molecular flexibility index (Phi) is 3.36. The number of benzene rings is 2. The van der Waals surface area contributed by atoms with Crippen LogP contribution >= 0.6 is 0 Å². The first-order valence-corrected chi connectivity index (χ1v) is 6.79. The zero-order chi connectivity index (χ0) is 14.8. The van der Waals surface area contributed by atoms with Crippen LogP contribution in [0, 0.1) is 13.8 Å². The van der Waals surface area contributed by atoms with Crippen LogP contribution < -0.4 is 5.73 Å². The molecule has 0 spiro atoms. The highest BCUT2D eigenvalue weighted by Gasteiger charge is 2.11. The van der Waals surface area contributed by atoms with Gasteiger partial charge in [-0.3, -0.25) is 0 Å². The third-order valence-corrected chi connectivity index (χ3v) is 3.42. The summed E-state index contributed by atoms with van der Waals surface area (Å²) in [5, 5.41) is 0. The molecule has 0 bridgehead atoms. The molecule has 3 rings (SSSR count). The van der Waals surface area contributed by atoms with Crippen molar-refractivity contribution < 1.29 is 0 Å². The molecule has 2 aromatic carbocycles. The summed E-state index contributed by atoms with van der Waals surface area (Å²) >= 11 is 0. The lowest BCUT2D eigenvalue weighted by atomic mass is 10.1. The molecule has 1 aromatic heterocycles. The number of aromatic nitrogens is 3. The summed E-state index contributed by atoms with van der Waals surface area (Å²) in [7, 11) is 0. The molecule has 1 heterocycles. The van der Waals surface area contributed by atoms with E-state index in [4.69, 9.17) is 5.73 Å². The molecule has 0 radical (unpaired) electrons. The van der Waals surface area contributed by atoms with Crippen molar-refractivity contribution in [1.82, 2.24) is 15.0 Å². The molecule has 4 nitrogen and oxygen atoms in total. The van der Waals surface area contributed by atoms with Gasteiger partial charge in [-0.1, -0.05) is 48.5 Å². The van der Waals surface area contributed by atoms with Crippen LogP contribution in [-0.4, -0.2) is 15.0 Å². The van der Waals surface area contributed by atoms with E-state index in [-0.39, 0.29) is 5.95 Å². The Bertz CT molecular complexity index is 733. The van der Waals surface area contributed by atoms with Gasteiger partial charge in [0.2, 0.25) is 5.95 Å². The smallest absolute Gasteiger partial charge is 0.224 e. The van der Waals surface area contributed by atoms with Crippen LogP contribution in [0.3, 0.4) is 0 Å². The van der Waals surface area contributed by atoms with Crippen molar-refractivity contribution in [3.63, 3.8) is 0 Å². The minimum Gasteiger partial charge on any atom is -0.368 e. The van der Waals surface area contributed by atoms with Crippen LogP contribution in [-0.2, 0) is 0 Å². The largest absolute Gasteiger partial charge is 0.368 e. The van der Waals surface area contributed by atoms with Gasteiger partial charge in [0.05, 0.1) is 0 Å². The van der Waals surface area contributed by atoms with Crippen LogP contribution in [0.4, 0.5) is 5.95 Å². The van der Waals surface area contributed by atoms with Crippen molar-refractivity contribution in [1.29, 1.82) is 0 Å². The summed E-state index contributed by atoms with van der Waals surface area (Å²) in [6.45, 7) is 4.06. The normalized spacial score (nSPS) is 10.6. The molecule has 0 amide bonds. The molecule has 0 fully saturated rings. The van der Waals surface area contributed by atoms with Gasteiger partial charge in [-0.05, 0) is 25.0 Å². The van der Waals surface area contributed by atoms with Crippen molar-refractivity contribution in [2.24, 2.45) is 0 Å². The van der Waals surface area contributed by atoms with Crippen molar-refractivity contribution >= 4 is 5.95 Å². The van der Waals surface area contributed by atoms with E-state index in [0.29, 0.717) is 11.6 Å². The minimum atomic E-state index is 0.238. The second kappa shape index (κ2) is 5.32. The Morgan fingerprint density at radius 2 is 1.10 bits per heavy atom. The number of nitrogen functional groups attached to an aromatic ring is 1. The maximum atomic E-state index is 5.87. The number of hydrogen-bond donors (Lipinski definition) is 1. The minimum absolute atomic E-state index is 0.238. The predicted molar refractivity (Wildman–Crippen MR) is 84.6 cm³/mol. The molecule has 0 unspecified atom stereocenters. The molecule has 3 aromatic rings. The molecule has 0 saturated heterocycles. The van der Waals surface area contributed by atoms with Crippen LogP contribution in [0.15, 0.2) is 48.5 Å². The number of nitrogens with two attached hydrogens (primary N) is 1. The summed E-state index contributed by atoms with van der Waals surface area (Å²) in [5.41, 5.74) is 10.0. The highest BCUT2D eigenvalue weighted by Crippen LogP contribution is 2.24. The average Bonchev–Trinajstić information content (AvgIpc) is 2.47. The van der Waals surface area contributed by atoms with E-state index >= 15 is 0 Å². The van der Waals surface area contributed by atoms with Crippen LogP contribution in [0.25, 0.3) is 22.8 Å². The van der Waals surface area contributed by atoms with Gasteiger partial charge < -0.3 is 5.73 Å². The summed E-state index contributed by atoms with van der Waals surface area (Å²) in [6.07, 6.45) is 0. The lowest BCUT2D eigenvalue weighted by Crippen LogP contribution is -2.03. The molecule has 2 N–H and O–H groups in total. The maximum absolute atomic E-state index is 5.87. The first kappa shape index (κ1) is 13.2. The SMILES string of the molecule is Cc1ccccc1-c1nc(N)nc(-c2ccccc2C)n1. The van der Waals surface area contributed by atoms with Gasteiger partial charge in [0.25, 0.3) is 0 Å². The van der Waals surface area contributed by atoms with E-state index in [0.717, 1.165) is 22.3 Å². The number of rotatable bonds is 2. The first-order chi connectivity index (χ1) is 10.1. The fourth-order valence-corrected chi connectivity index (χ4v) is 2.28. The first-order valence-electron chi connectivity index (χ1n) is 6.79. The third-order valence-electron chi connectivity index (χ3n) is 3.42. The van der Waals surface area contributed by atoms with Gasteiger partial charge in [0.15, 0.2) is 11.6 Å². The predicted octanol–water partition coefficient (Wildman–Crippen LogP) is 3.40. The number of hydrogen-bond acceptors (Lipinski definition) is 4. The second-order valence-corrected chi connectivity index (χ2v) is 4.97. The van der Waals surface area contributed by atoms with Crippen LogP contribution in [0.5, 0.6) is 0 Å². The fourth-order valence-electron chi connectivity index (χ4n) is 2.28. The summed E-state index contributed by atoms with van der Waals surface area (Å²) in [4.78, 5) is 13.1. The maximum Gasteiger partial charge on any atom is 0.224 e. The lowest BCUT2D eigenvalue weighted by molar-refractivity contribution is 1.07. The van der Waals surface area contributed by atoms with Crippen molar-refractivity contribution in [3.05, 3.63) is 59.7 Å². The topological polar surface area (TPSA) is 64.7 Å². The molecule has 104 valence electrons. The van der Waals surface area contributed by atoms with Gasteiger partial charge in [-0.15, -0.1) is 0 Å². The quantitative estimate of drug-likeness (QED) is 0.779. The molecule has 4 heteroatoms. The Morgan fingerprint density at radius 1 is 0.667 bits per heavy atom. The average molecular weight is 276 g/mol. The Balaban J connectivity index is 2.18. The van der Waals surface area contributed by atoms with Gasteiger partial charge in [0.1, 0.15) is 0 Å². The molecule has 0 saturated carbocycles. The fraction of sp³-hybridized carbons (Fsp3) is 0.118. The van der Waals surface area contributed by atoms with Crippen molar-refractivity contribution in [2.75, 3.05) is 5.73 Å². The monoisotopic (exact) mass is 276 g/mol. The van der Waals surface area contributed by atoms with Gasteiger partial charge in [-0.25, -0.2) is 4.98 Å². The highest BCUT2D eigenvalue weighted by atomic mass is 15.1. The Labute approximate surface area is 123 Å². The summed E-state index contributed by atoms with van der Waals surface area (Å²) < 4.78 is 0. The summed E-state index contributed by atoms with van der Waals surface area (Å²) in [6, 6.07) is 16.0. The molecule has 21 heavy (non-hydrogen) atoms. The van der Waals surface area contributed by atoms with Crippen molar-refractivity contribution in [3.8, 4) is 22.8 Å². The molecule has 0 aliphatic heterocycles. The molecule has 0 atom stereocenters. The summed E-state index contributed by atoms with van der Waals surface area (Å²) in [5.74, 6) is 1.46. The van der Waals surface area contributed by atoms with Crippen LogP contribution in [0.1, 0.15) is 11.1 Å². The molecule has 0 aliphatic carbocycles. The second-order valence-electron chi connectivity index (χ2n) is 4.97. The van der Waals surface area contributed by atoms with Crippen molar-refractivity contribution in [2.45, 2.75) is 13.8 Å². The molecular formula is C17H16N4. The third kappa shape index (κ3) is 2.60. The van der Waals surface area contributed by atoms with Gasteiger partial charge in [-0.2, -0.15) is 9.97 Å². The Hall–Kier alpha value is -2.75. The van der Waals surface area contributed by atoms with E-state index in [1.54, 1.807) is 0 Å². The van der Waals surface area contributed by atoms with E-state index < -0.39 is 0 Å². The molecular weight excluding hydrogens is 260 g/mol. The number of aryl methyl sites for hydroxylation is 2. The van der Waals surface area contributed by atoms with E-state index in [1.807, 2.05) is 62.4 Å². The standard InChI is InChI=1S/C17H16N4/c1-11-7-3-5-9-13(11)15-19-16(21-17(18)20-15)14-10-6-4-8-12(14)2/h3-10H,1-2H3,(H2,18,19,20,21). The van der Waals surface area contributed by atoms with Gasteiger partial charge in [0, 0.05) is 11.1 Å². The van der Waals surface area contributed by atoms with E-state index in [9.17, 15) is 0 Å².